The highest BCUT2D eigenvalue weighted by molar-refractivity contribution is 7.89. The van der Waals surface area contributed by atoms with E-state index in [0.29, 0.717) is 51.9 Å². The fraction of sp³-hybridized carbons (Fsp3) is 0.652. The van der Waals surface area contributed by atoms with Gasteiger partial charge in [-0.3, -0.25) is 9.59 Å². The number of piperidine rings is 1. The summed E-state index contributed by atoms with van der Waals surface area (Å²) >= 11 is 0. The number of nitrogens with zero attached hydrogens (tertiary/aromatic N) is 3. The van der Waals surface area contributed by atoms with E-state index < -0.39 is 10.0 Å². The number of aryl methyl sites for hydroxylation is 1. The first-order valence-electron chi connectivity index (χ1n) is 11.3. The fourth-order valence-electron chi connectivity index (χ4n) is 4.03. The number of hydrogen-bond acceptors (Lipinski definition) is 4. The zero-order chi connectivity index (χ0) is 23.0. The normalized spacial score (nSPS) is 15.3. The summed E-state index contributed by atoms with van der Waals surface area (Å²) in [6.07, 6.45) is 2.55. The van der Waals surface area contributed by atoms with Crippen LogP contribution >= 0.6 is 0 Å². The summed E-state index contributed by atoms with van der Waals surface area (Å²) in [4.78, 5) is 29.2. The monoisotopic (exact) mass is 451 g/mol. The second kappa shape index (κ2) is 11.6. The van der Waals surface area contributed by atoms with E-state index in [1.807, 2.05) is 54.8 Å². The predicted octanol–water partition coefficient (Wildman–Crippen LogP) is 2.79. The molecule has 0 radical (unpaired) electrons. The maximum Gasteiger partial charge on any atom is 0.238 e. The van der Waals surface area contributed by atoms with Crippen molar-refractivity contribution in [1.29, 1.82) is 0 Å². The molecule has 1 heterocycles. The third-order valence-electron chi connectivity index (χ3n) is 6.03. The molecule has 1 aromatic rings. The minimum Gasteiger partial charge on any atom is -0.343 e. The number of hydrogen-bond donors (Lipinski definition) is 0. The highest BCUT2D eigenvalue weighted by Gasteiger charge is 2.32. The highest BCUT2D eigenvalue weighted by Crippen LogP contribution is 2.22. The lowest BCUT2D eigenvalue weighted by Crippen LogP contribution is -2.51. The second-order valence-corrected chi connectivity index (χ2v) is 10.4. The molecular weight excluding hydrogens is 414 g/mol. The van der Waals surface area contributed by atoms with Crippen LogP contribution in [0.5, 0.6) is 0 Å². The summed E-state index contributed by atoms with van der Waals surface area (Å²) in [5, 5.41) is 0. The Kier molecular flexibility index (Phi) is 9.50. The Hall–Kier alpha value is -1.93. The molecule has 0 aromatic heterocycles. The van der Waals surface area contributed by atoms with Crippen LogP contribution in [0.1, 0.15) is 57.6 Å². The van der Waals surface area contributed by atoms with Gasteiger partial charge < -0.3 is 9.80 Å². The van der Waals surface area contributed by atoms with E-state index >= 15 is 0 Å². The van der Waals surface area contributed by atoms with Crippen LogP contribution in [0.25, 0.3) is 0 Å². The number of amides is 2. The van der Waals surface area contributed by atoms with Gasteiger partial charge in [0, 0.05) is 38.6 Å². The molecule has 2 rings (SSSR count). The first-order chi connectivity index (χ1) is 14.7. The van der Waals surface area contributed by atoms with E-state index in [1.54, 1.807) is 6.92 Å². The molecule has 1 fully saturated rings. The molecule has 1 saturated heterocycles. The first kappa shape index (κ1) is 25.3. The van der Waals surface area contributed by atoms with Crippen LogP contribution < -0.4 is 0 Å². The number of carbonyl (C=O) groups is 2. The molecule has 31 heavy (non-hydrogen) atoms. The van der Waals surface area contributed by atoms with Gasteiger partial charge in [-0.15, -0.1) is 0 Å². The molecule has 2 amide bonds. The Balaban J connectivity index is 2.24. The van der Waals surface area contributed by atoms with Gasteiger partial charge in [0.1, 0.15) is 0 Å². The molecule has 1 aromatic carbocycles. The molecule has 8 heteroatoms. The van der Waals surface area contributed by atoms with E-state index in [4.69, 9.17) is 0 Å². The average Bonchev–Trinajstić information content (AvgIpc) is 2.77. The Morgan fingerprint density at radius 3 is 2.29 bits per heavy atom. The van der Waals surface area contributed by atoms with Crippen molar-refractivity contribution in [2.45, 2.75) is 66.0 Å². The SMILES string of the molecule is CCCN(CC(=O)N(Cc1ccccc1C)C1CCN(C(=O)CC)CC1)S(=O)(=O)CC. The van der Waals surface area contributed by atoms with E-state index in [-0.39, 0.29) is 30.2 Å². The van der Waals surface area contributed by atoms with Gasteiger partial charge >= 0.3 is 0 Å². The minimum absolute atomic E-state index is 0.0131. The van der Waals surface area contributed by atoms with Crippen molar-refractivity contribution >= 4 is 21.8 Å². The highest BCUT2D eigenvalue weighted by atomic mass is 32.2. The number of likely N-dealkylation sites (tertiary alicyclic amines) is 1. The van der Waals surface area contributed by atoms with Crippen LogP contribution in [0.15, 0.2) is 24.3 Å². The predicted molar refractivity (Wildman–Crippen MR) is 123 cm³/mol. The summed E-state index contributed by atoms with van der Waals surface area (Å²) < 4.78 is 26.3. The fourth-order valence-corrected chi connectivity index (χ4v) is 5.17. The van der Waals surface area contributed by atoms with E-state index in [2.05, 4.69) is 0 Å². The van der Waals surface area contributed by atoms with Gasteiger partial charge in [0.25, 0.3) is 0 Å². The lowest BCUT2D eigenvalue weighted by Gasteiger charge is -2.39. The van der Waals surface area contributed by atoms with Crippen molar-refractivity contribution in [3.05, 3.63) is 35.4 Å². The summed E-state index contributed by atoms with van der Waals surface area (Å²) in [7, 11) is -3.45. The summed E-state index contributed by atoms with van der Waals surface area (Å²) in [5.41, 5.74) is 2.16. The molecule has 0 bridgehead atoms. The van der Waals surface area contributed by atoms with Crippen molar-refractivity contribution in [3.8, 4) is 0 Å². The first-order valence-corrected chi connectivity index (χ1v) is 12.9. The molecule has 0 aliphatic carbocycles. The van der Waals surface area contributed by atoms with Gasteiger partial charge in [-0.25, -0.2) is 8.42 Å². The third kappa shape index (κ3) is 6.77. The maximum atomic E-state index is 13.4. The van der Waals surface area contributed by atoms with Gasteiger partial charge in [-0.05, 0) is 44.2 Å². The molecule has 0 atom stereocenters. The number of benzene rings is 1. The van der Waals surface area contributed by atoms with E-state index in [1.165, 1.54) is 4.31 Å². The van der Waals surface area contributed by atoms with Gasteiger partial charge in [-0.2, -0.15) is 4.31 Å². The maximum absolute atomic E-state index is 13.4. The average molecular weight is 452 g/mol. The Morgan fingerprint density at radius 1 is 1.10 bits per heavy atom. The van der Waals surface area contributed by atoms with Crippen LogP contribution in [0.4, 0.5) is 0 Å². The smallest absolute Gasteiger partial charge is 0.238 e. The van der Waals surface area contributed by atoms with Crippen molar-refractivity contribution in [2.24, 2.45) is 0 Å². The van der Waals surface area contributed by atoms with Crippen LogP contribution in [0.2, 0.25) is 0 Å². The van der Waals surface area contributed by atoms with Crippen molar-refractivity contribution in [1.82, 2.24) is 14.1 Å². The van der Waals surface area contributed by atoms with E-state index in [9.17, 15) is 18.0 Å². The Labute approximate surface area is 187 Å². The van der Waals surface area contributed by atoms with Crippen molar-refractivity contribution in [3.63, 3.8) is 0 Å². The van der Waals surface area contributed by atoms with Crippen molar-refractivity contribution in [2.75, 3.05) is 31.9 Å². The molecule has 0 unspecified atom stereocenters. The molecule has 1 aliphatic rings. The van der Waals surface area contributed by atoms with Crippen LogP contribution in [-0.4, -0.2) is 72.3 Å². The summed E-state index contributed by atoms with van der Waals surface area (Å²) in [5.74, 6) is -0.0531. The molecule has 174 valence electrons. The van der Waals surface area contributed by atoms with Gasteiger partial charge in [0.2, 0.25) is 21.8 Å². The van der Waals surface area contributed by atoms with Crippen LogP contribution in [0, 0.1) is 6.92 Å². The Morgan fingerprint density at radius 2 is 1.74 bits per heavy atom. The van der Waals surface area contributed by atoms with Gasteiger partial charge in [0.05, 0.1) is 12.3 Å². The molecule has 0 N–H and O–H groups in total. The van der Waals surface area contributed by atoms with Gasteiger partial charge in [-0.1, -0.05) is 38.1 Å². The Bertz CT molecular complexity index is 848. The minimum atomic E-state index is -3.45. The topological polar surface area (TPSA) is 78.0 Å². The molecular formula is C23H37N3O4S. The number of sulfonamides is 1. The van der Waals surface area contributed by atoms with Crippen LogP contribution in [-0.2, 0) is 26.2 Å². The third-order valence-corrected chi connectivity index (χ3v) is 7.85. The van der Waals surface area contributed by atoms with Gasteiger partial charge in [0.15, 0.2) is 0 Å². The second-order valence-electron chi connectivity index (χ2n) is 8.15. The zero-order valence-corrected chi connectivity index (χ0v) is 20.2. The quantitative estimate of drug-likeness (QED) is 0.548. The summed E-state index contributed by atoms with van der Waals surface area (Å²) in [6, 6.07) is 7.94. The summed E-state index contributed by atoms with van der Waals surface area (Å²) in [6.45, 7) is 9.30. The number of rotatable bonds is 10. The molecule has 1 aliphatic heterocycles. The van der Waals surface area contributed by atoms with E-state index in [0.717, 1.165) is 11.1 Å². The number of carbonyl (C=O) groups excluding carboxylic acids is 2. The largest absolute Gasteiger partial charge is 0.343 e. The molecule has 0 spiro atoms. The molecule has 7 nitrogen and oxygen atoms in total. The lowest BCUT2D eigenvalue weighted by molar-refractivity contribution is -0.137. The zero-order valence-electron chi connectivity index (χ0n) is 19.3. The standard InChI is InChI=1S/C23H37N3O4S/c1-5-14-25(31(29,30)7-3)18-23(28)26(17-20-11-9-8-10-19(20)4)21-12-15-24(16-13-21)22(27)6-2/h8-11,21H,5-7,12-18H2,1-4H3. The van der Waals surface area contributed by atoms with Crippen LogP contribution in [0.3, 0.4) is 0 Å². The lowest BCUT2D eigenvalue weighted by atomic mass is 10.0. The molecule has 0 saturated carbocycles. The van der Waals surface area contributed by atoms with Crippen molar-refractivity contribution < 1.29 is 18.0 Å².